The molecule has 0 aliphatic carbocycles. The first-order chi connectivity index (χ1) is 6.66. The summed E-state index contributed by atoms with van der Waals surface area (Å²) in [7, 11) is 0. The Hall–Kier alpha value is -0.530. The first-order valence-electron chi connectivity index (χ1n) is 5.93. The standard InChI is InChI=1S/C13H27NO/c1-7-13(5,6)8-9-14-11(15)10-12(2,3)4/h7-10H2,1-6H3,(H,14,15). The fourth-order valence-corrected chi connectivity index (χ4v) is 1.26. The number of carbonyl (C=O) groups excluding carboxylic acids is 1. The van der Waals surface area contributed by atoms with Gasteiger partial charge in [0.2, 0.25) is 5.91 Å². The molecule has 0 saturated carbocycles. The van der Waals surface area contributed by atoms with Crippen molar-refractivity contribution in [3.63, 3.8) is 0 Å². The highest BCUT2D eigenvalue weighted by atomic mass is 16.1. The molecule has 0 radical (unpaired) electrons. The van der Waals surface area contributed by atoms with Gasteiger partial charge in [0.1, 0.15) is 0 Å². The Kier molecular flexibility index (Phi) is 5.33. The molecule has 1 N–H and O–H groups in total. The summed E-state index contributed by atoms with van der Waals surface area (Å²) in [4.78, 5) is 11.5. The fraction of sp³-hybridized carbons (Fsp3) is 0.923. The van der Waals surface area contributed by atoms with Gasteiger partial charge in [-0.1, -0.05) is 48.0 Å². The molecule has 0 rings (SSSR count). The summed E-state index contributed by atoms with van der Waals surface area (Å²) in [5, 5.41) is 2.99. The molecule has 0 aromatic carbocycles. The quantitative estimate of drug-likeness (QED) is 0.745. The zero-order valence-electron chi connectivity index (χ0n) is 11.2. The third kappa shape index (κ3) is 8.46. The van der Waals surface area contributed by atoms with Gasteiger partial charge in [-0.25, -0.2) is 0 Å². The largest absolute Gasteiger partial charge is 0.356 e. The van der Waals surface area contributed by atoms with E-state index in [4.69, 9.17) is 0 Å². The lowest BCUT2D eigenvalue weighted by atomic mass is 9.86. The highest BCUT2D eigenvalue weighted by Gasteiger charge is 2.17. The Morgan fingerprint density at radius 2 is 1.67 bits per heavy atom. The molecular formula is C13H27NO. The Balaban J connectivity index is 3.74. The number of hydrogen-bond acceptors (Lipinski definition) is 1. The Morgan fingerprint density at radius 1 is 1.13 bits per heavy atom. The van der Waals surface area contributed by atoms with Crippen molar-refractivity contribution in [3.8, 4) is 0 Å². The Bertz CT molecular complexity index is 201. The number of carbonyl (C=O) groups is 1. The highest BCUT2D eigenvalue weighted by Crippen LogP contribution is 2.23. The molecular weight excluding hydrogens is 186 g/mol. The number of amides is 1. The van der Waals surface area contributed by atoms with Crippen molar-refractivity contribution in [1.29, 1.82) is 0 Å². The van der Waals surface area contributed by atoms with E-state index in [-0.39, 0.29) is 11.3 Å². The second kappa shape index (κ2) is 5.53. The van der Waals surface area contributed by atoms with E-state index < -0.39 is 0 Å². The van der Waals surface area contributed by atoms with Crippen molar-refractivity contribution in [3.05, 3.63) is 0 Å². The first kappa shape index (κ1) is 14.5. The molecule has 15 heavy (non-hydrogen) atoms. The van der Waals surface area contributed by atoms with Crippen molar-refractivity contribution in [2.45, 2.75) is 60.8 Å². The van der Waals surface area contributed by atoms with E-state index in [1.807, 2.05) is 0 Å². The highest BCUT2D eigenvalue weighted by molar-refractivity contribution is 5.76. The topological polar surface area (TPSA) is 29.1 Å². The van der Waals surface area contributed by atoms with Crippen molar-refractivity contribution in [2.24, 2.45) is 10.8 Å². The molecule has 0 saturated heterocycles. The number of nitrogens with one attached hydrogen (secondary N) is 1. The van der Waals surface area contributed by atoms with E-state index in [2.05, 4.69) is 46.9 Å². The van der Waals surface area contributed by atoms with Gasteiger partial charge in [0.15, 0.2) is 0 Å². The second-order valence-electron chi connectivity index (χ2n) is 6.36. The Morgan fingerprint density at radius 3 is 2.07 bits per heavy atom. The van der Waals surface area contributed by atoms with Crippen LogP contribution in [0.4, 0.5) is 0 Å². The minimum atomic E-state index is 0.0877. The molecule has 0 heterocycles. The SMILES string of the molecule is CCC(C)(C)CCNC(=O)CC(C)(C)C. The fourth-order valence-electron chi connectivity index (χ4n) is 1.26. The molecule has 0 aromatic rings. The number of hydrogen-bond donors (Lipinski definition) is 1. The van der Waals surface area contributed by atoms with Gasteiger partial charge in [-0.05, 0) is 17.3 Å². The summed E-state index contributed by atoms with van der Waals surface area (Å²) in [6.07, 6.45) is 2.82. The third-order valence-corrected chi connectivity index (χ3v) is 2.77. The van der Waals surface area contributed by atoms with Crippen LogP contribution in [0.25, 0.3) is 0 Å². The van der Waals surface area contributed by atoms with Crippen molar-refractivity contribution in [1.82, 2.24) is 5.32 Å². The summed E-state index contributed by atoms with van der Waals surface area (Å²) in [5.41, 5.74) is 0.430. The van der Waals surface area contributed by atoms with Crippen LogP contribution in [0.1, 0.15) is 60.8 Å². The van der Waals surface area contributed by atoms with Crippen LogP contribution in [-0.2, 0) is 4.79 Å². The smallest absolute Gasteiger partial charge is 0.220 e. The average Bonchev–Trinajstić information content (AvgIpc) is 2.00. The molecule has 1 amide bonds. The zero-order valence-corrected chi connectivity index (χ0v) is 11.2. The summed E-state index contributed by atoms with van der Waals surface area (Å²) in [6, 6.07) is 0. The van der Waals surface area contributed by atoms with Crippen molar-refractivity contribution < 1.29 is 4.79 Å². The lowest BCUT2D eigenvalue weighted by molar-refractivity contribution is -0.122. The predicted octanol–water partition coefficient (Wildman–Crippen LogP) is 3.37. The van der Waals surface area contributed by atoms with Gasteiger partial charge >= 0.3 is 0 Å². The first-order valence-corrected chi connectivity index (χ1v) is 5.93. The average molecular weight is 213 g/mol. The van der Waals surface area contributed by atoms with E-state index in [0.29, 0.717) is 11.8 Å². The summed E-state index contributed by atoms with van der Waals surface area (Å²) >= 11 is 0. The van der Waals surface area contributed by atoms with E-state index in [1.165, 1.54) is 0 Å². The van der Waals surface area contributed by atoms with E-state index in [1.54, 1.807) is 0 Å². The lowest BCUT2D eigenvalue weighted by Crippen LogP contribution is -2.30. The van der Waals surface area contributed by atoms with Crippen molar-refractivity contribution >= 4 is 5.91 Å². The molecule has 0 fully saturated rings. The van der Waals surface area contributed by atoms with Gasteiger partial charge in [0.05, 0.1) is 0 Å². The van der Waals surface area contributed by atoms with E-state index >= 15 is 0 Å². The van der Waals surface area contributed by atoms with Crippen LogP contribution < -0.4 is 5.32 Å². The van der Waals surface area contributed by atoms with Gasteiger partial charge in [0.25, 0.3) is 0 Å². The Labute approximate surface area is 94.8 Å². The van der Waals surface area contributed by atoms with Gasteiger partial charge in [-0.3, -0.25) is 4.79 Å². The van der Waals surface area contributed by atoms with Gasteiger partial charge < -0.3 is 5.32 Å². The second-order valence-corrected chi connectivity index (χ2v) is 6.36. The van der Waals surface area contributed by atoms with Crippen LogP contribution in [0.2, 0.25) is 0 Å². The normalized spacial score (nSPS) is 12.7. The van der Waals surface area contributed by atoms with Gasteiger partial charge in [-0.15, -0.1) is 0 Å². The predicted molar refractivity (Wildman–Crippen MR) is 65.8 cm³/mol. The van der Waals surface area contributed by atoms with Crippen LogP contribution in [0, 0.1) is 10.8 Å². The maximum Gasteiger partial charge on any atom is 0.220 e. The van der Waals surface area contributed by atoms with Crippen LogP contribution in [0.5, 0.6) is 0 Å². The molecule has 2 heteroatoms. The molecule has 0 aliphatic rings. The van der Waals surface area contributed by atoms with Crippen LogP contribution in [0.15, 0.2) is 0 Å². The van der Waals surface area contributed by atoms with E-state index in [9.17, 15) is 4.79 Å². The maximum atomic E-state index is 11.5. The summed E-state index contributed by atoms with van der Waals surface area (Å²) in [6.45, 7) is 13.7. The third-order valence-electron chi connectivity index (χ3n) is 2.77. The minimum Gasteiger partial charge on any atom is -0.356 e. The molecule has 90 valence electrons. The van der Waals surface area contributed by atoms with Crippen molar-refractivity contribution in [2.75, 3.05) is 6.54 Å². The zero-order chi connectivity index (χ0) is 12.1. The van der Waals surface area contributed by atoms with Gasteiger partial charge in [-0.2, -0.15) is 0 Å². The van der Waals surface area contributed by atoms with Gasteiger partial charge in [0, 0.05) is 13.0 Å². The van der Waals surface area contributed by atoms with Crippen LogP contribution >= 0.6 is 0 Å². The molecule has 0 aliphatic heterocycles. The molecule has 2 nitrogen and oxygen atoms in total. The monoisotopic (exact) mass is 213 g/mol. The number of rotatable bonds is 5. The molecule has 0 spiro atoms. The molecule has 0 bridgehead atoms. The maximum absolute atomic E-state index is 11.5. The summed E-state index contributed by atoms with van der Waals surface area (Å²) < 4.78 is 0. The molecule has 0 atom stereocenters. The minimum absolute atomic E-state index is 0.0877. The summed E-state index contributed by atoms with van der Waals surface area (Å²) in [5.74, 6) is 0.175. The molecule has 0 unspecified atom stereocenters. The lowest BCUT2D eigenvalue weighted by Gasteiger charge is -2.23. The molecule has 0 aromatic heterocycles. The van der Waals surface area contributed by atoms with Crippen LogP contribution in [-0.4, -0.2) is 12.5 Å². The van der Waals surface area contributed by atoms with Crippen LogP contribution in [0.3, 0.4) is 0 Å². The van der Waals surface area contributed by atoms with E-state index in [0.717, 1.165) is 19.4 Å².